The van der Waals surface area contributed by atoms with Crippen LogP contribution < -0.4 is 10.9 Å². The van der Waals surface area contributed by atoms with Gasteiger partial charge in [-0.25, -0.2) is 9.49 Å². The number of piperidine rings is 2. The van der Waals surface area contributed by atoms with E-state index in [-0.39, 0.29) is 34.4 Å². The molecule has 1 aliphatic carbocycles. The number of rotatable bonds is 8. The minimum absolute atomic E-state index is 0.00507. The number of fused-ring (bicyclic) bond motifs is 1. The molecule has 2 aromatic carbocycles. The highest BCUT2D eigenvalue weighted by molar-refractivity contribution is 5.95. The second-order valence-corrected chi connectivity index (χ2v) is 15.5. The van der Waals surface area contributed by atoms with Crippen LogP contribution in [0.2, 0.25) is 0 Å². The zero-order valence-electron chi connectivity index (χ0n) is 30.4. The summed E-state index contributed by atoms with van der Waals surface area (Å²) in [5, 5.41) is 11.3. The Balaban J connectivity index is 0.869. The summed E-state index contributed by atoms with van der Waals surface area (Å²) in [6, 6.07) is 11.6. The first-order valence-corrected chi connectivity index (χ1v) is 19.2. The fourth-order valence-electron chi connectivity index (χ4n) is 9.08. The molecule has 1 aromatic heterocycles. The van der Waals surface area contributed by atoms with E-state index in [4.69, 9.17) is 0 Å². The Morgan fingerprint density at radius 1 is 0.865 bits per heavy atom. The summed E-state index contributed by atoms with van der Waals surface area (Å²) in [7, 11) is 1.93. The van der Waals surface area contributed by atoms with Crippen molar-refractivity contribution < 1.29 is 18.8 Å². The van der Waals surface area contributed by atoms with Gasteiger partial charge in [-0.2, -0.15) is 5.10 Å². The van der Waals surface area contributed by atoms with Crippen LogP contribution in [0.1, 0.15) is 79.4 Å². The van der Waals surface area contributed by atoms with Gasteiger partial charge in [-0.3, -0.25) is 24.1 Å². The molecule has 3 saturated heterocycles. The van der Waals surface area contributed by atoms with E-state index in [0.717, 1.165) is 70.1 Å². The van der Waals surface area contributed by atoms with Gasteiger partial charge in [0.1, 0.15) is 5.82 Å². The summed E-state index contributed by atoms with van der Waals surface area (Å²) in [5.74, 6) is -0.185. The molecule has 4 heterocycles. The molecule has 3 aromatic rings. The second kappa shape index (κ2) is 15.8. The maximum atomic E-state index is 15.0. The minimum atomic E-state index is -0.590. The minimum Gasteiger partial charge on any atom is -0.341 e. The molecule has 11 nitrogen and oxygen atoms in total. The van der Waals surface area contributed by atoms with Gasteiger partial charge < -0.3 is 20.0 Å². The summed E-state index contributed by atoms with van der Waals surface area (Å²) >= 11 is 0. The Morgan fingerprint density at radius 3 is 2.21 bits per heavy atom. The molecule has 1 atom stereocenters. The summed E-state index contributed by atoms with van der Waals surface area (Å²) in [6.45, 7) is 5.27. The number of aromatic amines is 1. The molecule has 0 unspecified atom stereocenters. The number of hydrogen-bond donors (Lipinski definition) is 2. The number of benzene rings is 2. The van der Waals surface area contributed by atoms with Gasteiger partial charge in [0.05, 0.1) is 29.2 Å². The molecule has 3 aliphatic heterocycles. The van der Waals surface area contributed by atoms with Gasteiger partial charge >= 0.3 is 0 Å². The predicted molar refractivity (Wildman–Crippen MR) is 197 cm³/mol. The van der Waals surface area contributed by atoms with Crippen molar-refractivity contribution in [1.82, 2.24) is 35.1 Å². The van der Waals surface area contributed by atoms with Gasteiger partial charge in [-0.1, -0.05) is 43.5 Å². The molecule has 278 valence electrons. The maximum absolute atomic E-state index is 15.0. The fourth-order valence-corrected chi connectivity index (χ4v) is 9.08. The average Bonchev–Trinajstić information content (AvgIpc) is 3.18. The van der Waals surface area contributed by atoms with Crippen LogP contribution in [-0.2, 0) is 16.0 Å². The van der Waals surface area contributed by atoms with E-state index in [1.54, 1.807) is 29.2 Å². The Hall–Kier alpha value is -4.16. The van der Waals surface area contributed by atoms with E-state index in [1.165, 1.54) is 25.3 Å². The van der Waals surface area contributed by atoms with E-state index in [2.05, 4.69) is 25.3 Å². The number of nitrogens with zero attached hydrogens (tertiary/aromatic N) is 5. The van der Waals surface area contributed by atoms with E-state index in [0.29, 0.717) is 61.7 Å². The Labute approximate surface area is 304 Å². The normalized spacial score (nSPS) is 20.7. The van der Waals surface area contributed by atoms with Gasteiger partial charge in [0.25, 0.3) is 11.5 Å². The van der Waals surface area contributed by atoms with Crippen molar-refractivity contribution in [2.45, 2.75) is 70.3 Å². The number of aromatic nitrogens is 2. The molecular formula is C40H52FN7O4. The number of likely N-dealkylation sites (tertiary alicyclic amines) is 2. The van der Waals surface area contributed by atoms with Crippen LogP contribution in [0.4, 0.5) is 4.39 Å². The maximum Gasteiger partial charge on any atom is 0.272 e. The molecular weight excluding hydrogens is 661 g/mol. The van der Waals surface area contributed by atoms with Crippen LogP contribution in [0, 0.1) is 17.2 Å². The van der Waals surface area contributed by atoms with Gasteiger partial charge in [-0.15, -0.1) is 0 Å². The number of carbonyl (C=O) groups is 3. The summed E-state index contributed by atoms with van der Waals surface area (Å²) in [6.07, 6.45) is 10.5. The Bertz CT molecular complexity index is 1820. The average molecular weight is 714 g/mol. The van der Waals surface area contributed by atoms with Crippen molar-refractivity contribution in [3.8, 4) is 0 Å². The van der Waals surface area contributed by atoms with Gasteiger partial charge in [0.15, 0.2) is 0 Å². The highest BCUT2D eigenvalue weighted by atomic mass is 19.1. The standard InChI is InChI=1S/C40H52FN7O4/c1-42-36(29-7-3-2-4-8-29)39(52)47-19-15-40(16-20-47)13-17-45(18-14-40)27-35(49)46-21-23-48(24-22-46)38(51)32-25-28(11-12-33(32)41)26-34-30-9-5-6-10-31(30)37(50)44-43-34/h5-6,9-12,25,29,36,42H,2-4,7-8,13-24,26-27H2,1H3,(H,44,50)/t36-/m1/s1. The predicted octanol–water partition coefficient (Wildman–Crippen LogP) is 3.81. The highest BCUT2D eigenvalue weighted by Gasteiger charge is 2.41. The molecule has 1 spiro atoms. The first kappa shape index (κ1) is 36.2. The SMILES string of the molecule is CN[C@@H](C(=O)N1CCC2(CCN(CC(=O)N3CCN(C(=O)c4cc(Cc5n[nH]c(=O)c6ccccc56)ccc4F)CC3)CC2)CC1)C1CCCCC1. The fraction of sp³-hybridized carbons (Fsp3) is 0.575. The Kier molecular flexibility index (Phi) is 11.0. The molecule has 0 radical (unpaired) electrons. The number of nitrogens with one attached hydrogen (secondary N) is 2. The third-order valence-corrected chi connectivity index (χ3v) is 12.4. The molecule has 0 bridgehead atoms. The smallest absolute Gasteiger partial charge is 0.272 e. The Morgan fingerprint density at radius 2 is 1.52 bits per heavy atom. The van der Waals surface area contributed by atoms with Crippen LogP contribution in [0.25, 0.3) is 10.8 Å². The molecule has 3 amide bonds. The summed E-state index contributed by atoms with van der Waals surface area (Å²) in [4.78, 5) is 60.3. The van der Waals surface area contributed by atoms with Crippen molar-refractivity contribution in [3.05, 3.63) is 75.5 Å². The number of likely N-dealkylation sites (N-methyl/N-ethyl adjacent to an activating group) is 1. The van der Waals surface area contributed by atoms with E-state index < -0.39 is 11.7 Å². The first-order chi connectivity index (χ1) is 25.2. The largest absolute Gasteiger partial charge is 0.341 e. The third kappa shape index (κ3) is 7.78. The third-order valence-electron chi connectivity index (χ3n) is 12.4. The van der Waals surface area contributed by atoms with E-state index >= 15 is 0 Å². The lowest BCUT2D eigenvalue weighted by molar-refractivity contribution is -0.139. The zero-order chi connectivity index (χ0) is 36.2. The number of halogens is 1. The molecule has 1 saturated carbocycles. The lowest BCUT2D eigenvalue weighted by Gasteiger charge is -2.47. The lowest BCUT2D eigenvalue weighted by atomic mass is 9.71. The van der Waals surface area contributed by atoms with Crippen molar-refractivity contribution in [2.24, 2.45) is 11.3 Å². The van der Waals surface area contributed by atoms with Gasteiger partial charge in [-0.05, 0) is 93.8 Å². The van der Waals surface area contributed by atoms with Crippen molar-refractivity contribution in [2.75, 3.05) is 66.0 Å². The molecule has 4 fully saturated rings. The van der Waals surface area contributed by atoms with Crippen LogP contribution in [0.15, 0.2) is 47.3 Å². The van der Waals surface area contributed by atoms with Gasteiger partial charge in [0, 0.05) is 51.1 Å². The van der Waals surface area contributed by atoms with E-state index in [1.807, 2.05) is 24.1 Å². The number of hydrogen-bond acceptors (Lipinski definition) is 7. The van der Waals surface area contributed by atoms with Crippen molar-refractivity contribution in [1.29, 1.82) is 0 Å². The number of H-pyrrole nitrogens is 1. The van der Waals surface area contributed by atoms with Crippen molar-refractivity contribution >= 4 is 28.5 Å². The molecule has 4 aliphatic rings. The van der Waals surface area contributed by atoms with Crippen LogP contribution in [-0.4, -0.2) is 120 Å². The second-order valence-electron chi connectivity index (χ2n) is 15.5. The van der Waals surface area contributed by atoms with Crippen LogP contribution in [0.5, 0.6) is 0 Å². The monoisotopic (exact) mass is 713 g/mol. The molecule has 2 N–H and O–H groups in total. The topological polar surface area (TPSA) is 122 Å². The van der Waals surface area contributed by atoms with Crippen LogP contribution in [0.3, 0.4) is 0 Å². The zero-order valence-corrected chi connectivity index (χ0v) is 30.4. The molecule has 12 heteroatoms. The number of amides is 3. The quantitative estimate of drug-likeness (QED) is 0.364. The highest BCUT2D eigenvalue weighted by Crippen LogP contribution is 2.41. The summed E-state index contributed by atoms with van der Waals surface area (Å²) < 4.78 is 15.0. The van der Waals surface area contributed by atoms with Crippen molar-refractivity contribution in [3.63, 3.8) is 0 Å². The van der Waals surface area contributed by atoms with Gasteiger partial charge in [0.2, 0.25) is 11.8 Å². The first-order valence-electron chi connectivity index (χ1n) is 19.2. The molecule has 52 heavy (non-hydrogen) atoms. The molecule has 7 rings (SSSR count). The van der Waals surface area contributed by atoms with Crippen LogP contribution >= 0.6 is 0 Å². The number of piperazine rings is 1. The summed E-state index contributed by atoms with van der Waals surface area (Å²) in [5.41, 5.74) is 1.32. The number of carbonyl (C=O) groups excluding carboxylic acids is 3. The van der Waals surface area contributed by atoms with E-state index in [9.17, 15) is 23.6 Å². The lowest BCUT2D eigenvalue weighted by Crippen LogP contribution is -2.55.